The number of aromatic nitrogens is 2. The van der Waals surface area contributed by atoms with E-state index >= 15 is 8.78 Å². The van der Waals surface area contributed by atoms with Crippen molar-refractivity contribution >= 4 is 32.4 Å². The first-order valence-corrected chi connectivity index (χ1v) is 12.6. The Kier molecular flexibility index (Phi) is 7.04. The summed E-state index contributed by atoms with van der Waals surface area (Å²) in [6.45, 7) is 0.814. The van der Waals surface area contributed by atoms with Crippen LogP contribution in [0.4, 0.5) is 20.2 Å². The molecule has 8 nitrogen and oxygen atoms in total. The van der Waals surface area contributed by atoms with E-state index in [1.807, 2.05) is 6.07 Å². The Morgan fingerprint density at radius 2 is 1.78 bits per heavy atom. The molecule has 3 aromatic carbocycles. The third-order valence-electron chi connectivity index (χ3n) is 5.52. The molecule has 0 N–H and O–H groups in total. The van der Waals surface area contributed by atoms with Crippen molar-refractivity contribution in [2.24, 2.45) is 0 Å². The zero-order valence-electron chi connectivity index (χ0n) is 19.7. The minimum atomic E-state index is -3.81. The van der Waals surface area contributed by atoms with E-state index in [0.717, 1.165) is 6.26 Å². The van der Waals surface area contributed by atoms with E-state index in [4.69, 9.17) is 8.92 Å². The molecular weight excluding hydrogens is 492 g/mol. The smallest absolute Gasteiger partial charge is 0.265 e. The number of nitrogens with zero attached hydrogens (tertiary/aromatic N) is 3. The molecule has 0 radical (unpaired) electrons. The second-order valence-electron chi connectivity index (χ2n) is 8.01. The molecule has 36 heavy (non-hydrogen) atoms. The lowest BCUT2D eigenvalue weighted by Crippen LogP contribution is -2.26. The summed E-state index contributed by atoms with van der Waals surface area (Å²) in [5, 5.41) is 0.202. The maximum Gasteiger partial charge on any atom is 0.265 e. The Hall–Kier alpha value is -3.83. The second-order valence-corrected chi connectivity index (χ2v) is 9.65. The Bertz CT molecular complexity index is 1590. The average Bonchev–Trinajstić information content (AvgIpc) is 2.85. The summed E-state index contributed by atoms with van der Waals surface area (Å²) in [6, 6.07) is 14.6. The number of anilines is 2. The summed E-state index contributed by atoms with van der Waals surface area (Å²) in [5.74, 6) is -2.03. The van der Waals surface area contributed by atoms with Crippen molar-refractivity contribution in [2.45, 2.75) is 6.92 Å². The van der Waals surface area contributed by atoms with Gasteiger partial charge in [0, 0.05) is 12.2 Å². The molecule has 0 aliphatic rings. The van der Waals surface area contributed by atoms with Crippen molar-refractivity contribution in [3.8, 4) is 11.4 Å². The maximum atomic E-state index is 15.3. The van der Waals surface area contributed by atoms with E-state index in [0.29, 0.717) is 11.2 Å². The largest absolute Gasteiger partial charge is 0.494 e. The highest BCUT2D eigenvalue weighted by atomic mass is 32.2. The van der Waals surface area contributed by atoms with E-state index in [9.17, 15) is 13.2 Å². The van der Waals surface area contributed by atoms with E-state index in [2.05, 4.69) is 4.98 Å². The van der Waals surface area contributed by atoms with Gasteiger partial charge in [0.2, 0.25) is 0 Å². The number of aryl methyl sites for hydroxylation is 1. The molecule has 0 saturated carbocycles. The number of fused-ring (bicyclic) bond motifs is 1. The van der Waals surface area contributed by atoms with Crippen molar-refractivity contribution in [3.63, 3.8) is 0 Å². The SMILES string of the molecule is COc1cc(C)c(F)c(N(CCOS(C)(=O)=O)c2ccc3ncn(-c4ccccc4)c(=O)c3c2)c1F. The number of hydrogen-bond acceptors (Lipinski definition) is 7. The van der Waals surface area contributed by atoms with Gasteiger partial charge in [-0.2, -0.15) is 8.42 Å². The molecule has 0 unspecified atom stereocenters. The summed E-state index contributed by atoms with van der Waals surface area (Å²) < 4.78 is 64.9. The lowest BCUT2D eigenvalue weighted by molar-refractivity contribution is 0.329. The number of ether oxygens (including phenoxy) is 1. The fraction of sp³-hybridized carbons (Fsp3) is 0.200. The van der Waals surface area contributed by atoms with Crippen LogP contribution in [0, 0.1) is 18.6 Å². The summed E-state index contributed by atoms with van der Waals surface area (Å²) in [5.41, 5.74) is 0.479. The molecule has 0 saturated heterocycles. The second kappa shape index (κ2) is 10.0. The zero-order valence-corrected chi connectivity index (χ0v) is 20.6. The molecule has 0 amide bonds. The summed E-state index contributed by atoms with van der Waals surface area (Å²) in [4.78, 5) is 18.9. The predicted octanol–water partition coefficient (Wildman–Crippen LogP) is 4.10. The fourth-order valence-corrected chi connectivity index (χ4v) is 4.19. The van der Waals surface area contributed by atoms with Crippen LogP contribution in [-0.2, 0) is 14.3 Å². The van der Waals surface area contributed by atoms with Crippen LogP contribution in [0.3, 0.4) is 0 Å². The third-order valence-corrected chi connectivity index (χ3v) is 6.11. The highest BCUT2D eigenvalue weighted by Crippen LogP contribution is 2.37. The number of rotatable bonds is 8. The topological polar surface area (TPSA) is 90.7 Å². The fourth-order valence-electron chi connectivity index (χ4n) is 3.81. The van der Waals surface area contributed by atoms with Crippen molar-refractivity contribution in [3.05, 3.63) is 88.5 Å². The van der Waals surface area contributed by atoms with Crippen LogP contribution in [-0.4, -0.2) is 44.5 Å². The van der Waals surface area contributed by atoms with Crippen LogP contribution in [0.15, 0.2) is 65.7 Å². The minimum Gasteiger partial charge on any atom is -0.494 e. The monoisotopic (exact) mass is 515 g/mol. The Morgan fingerprint density at radius 1 is 1.06 bits per heavy atom. The number of benzene rings is 3. The molecule has 11 heteroatoms. The van der Waals surface area contributed by atoms with Crippen LogP contribution >= 0.6 is 0 Å². The normalized spacial score (nSPS) is 11.6. The van der Waals surface area contributed by atoms with Crippen LogP contribution in [0.2, 0.25) is 0 Å². The van der Waals surface area contributed by atoms with Crippen LogP contribution in [0.25, 0.3) is 16.6 Å². The predicted molar refractivity (Wildman–Crippen MR) is 133 cm³/mol. The van der Waals surface area contributed by atoms with Crippen LogP contribution in [0.1, 0.15) is 5.56 Å². The first kappa shape index (κ1) is 25.3. The van der Waals surface area contributed by atoms with Crippen molar-refractivity contribution in [2.75, 3.05) is 31.4 Å². The zero-order chi connectivity index (χ0) is 26.0. The Morgan fingerprint density at radius 3 is 2.44 bits per heavy atom. The maximum absolute atomic E-state index is 15.3. The van der Waals surface area contributed by atoms with E-state index in [1.165, 1.54) is 48.0 Å². The van der Waals surface area contributed by atoms with Gasteiger partial charge < -0.3 is 9.64 Å². The van der Waals surface area contributed by atoms with E-state index in [1.54, 1.807) is 30.3 Å². The van der Waals surface area contributed by atoms with Crippen molar-refractivity contribution < 1.29 is 26.1 Å². The number of halogens is 2. The van der Waals surface area contributed by atoms with Gasteiger partial charge in [0.1, 0.15) is 12.0 Å². The molecule has 1 aromatic heterocycles. The molecule has 0 fully saturated rings. The highest BCUT2D eigenvalue weighted by molar-refractivity contribution is 7.85. The van der Waals surface area contributed by atoms with Gasteiger partial charge in [-0.3, -0.25) is 13.5 Å². The highest BCUT2D eigenvalue weighted by Gasteiger charge is 2.25. The van der Waals surface area contributed by atoms with Gasteiger partial charge in [-0.1, -0.05) is 18.2 Å². The molecule has 4 rings (SSSR count). The van der Waals surface area contributed by atoms with Crippen molar-refractivity contribution in [1.82, 2.24) is 9.55 Å². The summed E-state index contributed by atoms with van der Waals surface area (Å²) >= 11 is 0. The molecule has 0 spiro atoms. The molecule has 0 atom stereocenters. The van der Waals surface area contributed by atoms with Gasteiger partial charge in [0.05, 0.1) is 36.6 Å². The Balaban J connectivity index is 1.90. The van der Waals surface area contributed by atoms with Gasteiger partial charge in [-0.05, 0) is 48.9 Å². The van der Waals surface area contributed by atoms with Gasteiger partial charge in [-0.15, -0.1) is 0 Å². The molecule has 188 valence electrons. The average molecular weight is 516 g/mol. The Labute approximate surface area is 206 Å². The standard InChI is InChI=1S/C25H23F2N3O5S/c1-16-13-21(34-2)23(27)24(22(16)26)29(11-12-35-36(3,32)33)18-9-10-20-19(14-18)25(31)30(15-28-20)17-7-5-4-6-8-17/h4-10,13-15H,11-12H2,1-3H3. The molecule has 4 aromatic rings. The molecular formula is C25H23F2N3O5S. The van der Waals surface area contributed by atoms with Gasteiger partial charge in [0.25, 0.3) is 15.7 Å². The van der Waals surface area contributed by atoms with Crippen LogP contribution < -0.4 is 15.2 Å². The number of hydrogen-bond donors (Lipinski definition) is 0. The molecule has 1 heterocycles. The van der Waals surface area contributed by atoms with E-state index in [-0.39, 0.29) is 34.5 Å². The third kappa shape index (κ3) is 5.07. The van der Waals surface area contributed by atoms with E-state index < -0.39 is 34.0 Å². The van der Waals surface area contributed by atoms with Gasteiger partial charge in [0.15, 0.2) is 17.4 Å². The lowest BCUT2D eigenvalue weighted by Gasteiger charge is -2.27. The summed E-state index contributed by atoms with van der Waals surface area (Å²) in [7, 11) is -2.55. The van der Waals surface area contributed by atoms with Crippen molar-refractivity contribution in [1.29, 1.82) is 0 Å². The first-order valence-electron chi connectivity index (χ1n) is 10.8. The minimum absolute atomic E-state index is 0.117. The lowest BCUT2D eigenvalue weighted by atomic mass is 10.1. The molecule has 0 aliphatic carbocycles. The van der Waals surface area contributed by atoms with Crippen LogP contribution in [0.5, 0.6) is 5.75 Å². The number of methoxy groups -OCH3 is 1. The molecule has 0 aliphatic heterocycles. The summed E-state index contributed by atoms with van der Waals surface area (Å²) in [6.07, 6.45) is 2.28. The number of para-hydroxylation sites is 1. The van der Waals surface area contributed by atoms with Gasteiger partial charge in [-0.25, -0.2) is 13.8 Å². The quantitative estimate of drug-likeness (QED) is 0.327. The molecule has 0 bridgehead atoms. The first-order chi connectivity index (χ1) is 17.1. The van der Waals surface area contributed by atoms with Gasteiger partial charge >= 0.3 is 0 Å².